The molecule has 126 valence electrons. The summed E-state index contributed by atoms with van der Waals surface area (Å²) in [6.45, 7) is 0.879. The molecule has 0 spiro atoms. The number of hydrogen-bond donors (Lipinski definition) is 1. The lowest BCUT2D eigenvalue weighted by atomic mass is 9.83. The van der Waals surface area contributed by atoms with Crippen molar-refractivity contribution in [1.82, 2.24) is 0 Å². The molecular formula is C11H16F6O4. The number of halogens is 6. The highest BCUT2D eigenvalue weighted by Gasteiger charge is 2.80. The van der Waals surface area contributed by atoms with Gasteiger partial charge in [-0.15, -0.1) is 0 Å². The minimum absolute atomic E-state index is 0.00310. The molecule has 0 aliphatic carbocycles. The molecule has 1 aliphatic rings. The van der Waals surface area contributed by atoms with Crippen LogP contribution in [0, 0.1) is 0 Å². The first-order chi connectivity index (χ1) is 9.39. The Morgan fingerprint density at radius 1 is 1.00 bits per heavy atom. The Morgan fingerprint density at radius 3 is 1.86 bits per heavy atom. The van der Waals surface area contributed by atoms with Gasteiger partial charge in [0.15, 0.2) is 6.29 Å². The SMILES string of the molecule is CC(C)(OO)C(OC1CCCCO1)(C(F)(F)F)C(F)(F)F. The van der Waals surface area contributed by atoms with E-state index in [1.807, 2.05) is 0 Å². The predicted octanol–water partition coefficient (Wildman–Crippen LogP) is 3.66. The average Bonchev–Trinajstić information content (AvgIpc) is 2.34. The van der Waals surface area contributed by atoms with E-state index in [4.69, 9.17) is 9.99 Å². The zero-order valence-corrected chi connectivity index (χ0v) is 11.3. The Bertz CT molecular complexity index is 332. The van der Waals surface area contributed by atoms with Gasteiger partial charge in [0.05, 0.1) is 0 Å². The number of alkyl halides is 6. The van der Waals surface area contributed by atoms with Gasteiger partial charge in [-0.05, 0) is 33.1 Å². The van der Waals surface area contributed by atoms with E-state index in [1.54, 1.807) is 0 Å². The van der Waals surface area contributed by atoms with E-state index in [0.717, 1.165) is 0 Å². The monoisotopic (exact) mass is 326 g/mol. The maximum Gasteiger partial charge on any atom is 0.429 e. The van der Waals surface area contributed by atoms with Gasteiger partial charge >= 0.3 is 12.4 Å². The third-order valence-electron chi connectivity index (χ3n) is 3.32. The van der Waals surface area contributed by atoms with Crippen molar-refractivity contribution in [3.63, 3.8) is 0 Å². The second-order valence-corrected chi connectivity index (χ2v) is 5.19. The summed E-state index contributed by atoms with van der Waals surface area (Å²) in [5, 5.41) is 8.56. The van der Waals surface area contributed by atoms with Crippen LogP contribution in [0.3, 0.4) is 0 Å². The highest BCUT2D eigenvalue weighted by molar-refractivity contribution is 5.08. The van der Waals surface area contributed by atoms with Gasteiger partial charge in [0.1, 0.15) is 5.60 Å². The Morgan fingerprint density at radius 2 is 1.52 bits per heavy atom. The van der Waals surface area contributed by atoms with Crippen molar-refractivity contribution in [2.24, 2.45) is 0 Å². The van der Waals surface area contributed by atoms with E-state index in [-0.39, 0.29) is 13.0 Å². The van der Waals surface area contributed by atoms with Crippen molar-refractivity contribution < 1.29 is 46.0 Å². The van der Waals surface area contributed by atoms with Gasteiger partial charge in [-0.1, -0.05) is 0 Å². The largest absolute Gasteiger partial charge is 0.429 e. The van der Waals surface area contributed by atoms with Gasteiger partial charge in [0.25, 0.3) is 5.60 Å². The molecule has 1 rings (SSSR count). The standard InChI is InChI=1S/C11H16F6O4/c1-8(2,21-18)9(10(12,13)14,11(15,16)17)20-7-5-3-4-6-19-7/h7,18H,3-6H2,1-2H3. The fourth-order valence-electron chi connectivity index (χ4n) is 2.18. The van der Waals surface area contributed by atoms with Crippen LogP contribution in [0.15, 0.2) is 0 Å². The van der Waals surface area contributed by atoms with E-state index in [9.17, 15) is 26.3 Å². The molecule has 4 nitrogen and oxygen atoms in total. The van der Waals surface area contributed by atoms with E-state index < -0.39 is 29.8 Å². The first-order valence-electron chi connectivity index (χ1n) is 6.14. The van der Waals surface area contributed by atoms with Crippen LogP contribution in [0.4, 0.5) is 26.3 Å². The maximum atomic E-state index is 13.2. The molecule has 1 atom stereocenters. The molecular weight excluding hydrogens is 310 g/mol. The van der Waals surface area contributed by atoms with Gasteiger partial charge in [0, 0.05) is 6.61 Å². The van der Waals surface area contributed by atoms with Gasteiger partial charge in [0.2, 0.25) is 0 Å². The summed E-state index contributed by atoms with van der Waals surface area (Å²) in [4.78, 5) is 3.48. The second kappa shape index (κ2) is 5.90. The fraction of sp³-hybridized carbons (Fsp3) is 1.00. The lowest BCUT2D eigenvalue weighted by Crippen LogP contribution is -2.71. The van der Waals surface area contributed by atoms with E-state index in [0.29, 0.717) is 26.7 Å². The lowest BCUT2D eigenvalue weighted by molar-refractivity contribution is -0.482. The molecule has 1 heterocycles. The summed E-state index contributed by atoms with van der Waals surface area (Å²) in [7, 11) is 0. The van der Waals surface area contributed by atoms with Crippen molar-refractivity contribution in [3.8, 4) is 0 Å². The van der Waals surface area contributed by atoms with Gasteiger partial charge in [-0.2, -0.15) is 26.3 Å². The van der Waals surface area contributed by atoms with Crippen molar-refractivity contribution in [1.29, 1.82) is 0 Å². The normalized spacial score (nSPS) is 22.4. The van der Waals surface area contributed by atoms with Crippen LogP contribution in [0.2, 0.25) is 0 Å². The Balaban J connectivity index is 3.31. The molecule has 1 unspecified atom stereocenters. The fourth-order valence-corrected chi connectivity index (χ4v) is 2.18. The number of ether oxygens (including phenoxy) is 2. The molecule has 10 heteroatoms. The number of hydrogen-bond acceptors (Lipinski definition) is 4. The molecule has 1 aliphatic heterocycles. The molecule has 0 amide bonds. The summed E-state index contributed by atoms with van der Waals surface area (Å²) < 4.78 is 88.4. The molecule has 0 aromatic carbocycles. The van der Waals surface area contributed by atoms with E-state index in [1.165, 1.54) is 0 Å². The lowest BCUT2D eigenvalue weighted by Gasteiger charge is -2.47. The third kappa shape index (κ3) is 3.27. The minimum atomic E-state index is -5.88. The maximum absolute atomic E-state index is 13.2. The zero-order chi connectivity index (χ0) is 16.5. The van der Waals surface area contributed by atoms with Crippen LogP contribution in [-0.4, -0.2) is 41.7 Å². The molecule has 21 heavy (non-hydrogen) atoms. The first-order valence-corrected chi connectivity index (χ1v) is 6.14. The third-order valence-corrected chi connectivity index (χ3v) is 3.32. The van der Waals surface area contributed by atoms with Crippen LogP contribution in [-0.2, 0) is 14.4 Å². The highest BCUT2D eigenvalue weighted by Crippen LogP contribution is 2.54. The molecule has 1 saturated heterocycles. The van der Waals surface area contributed by atoms with Crippen LogP contribution in [0.5, 0.6) is 0 Å². The second-order valence-electron chi connectivity index (χ2n) is 5.19. The Kier molecular flexibility index (Phi) is 5.19. The highest BCUT2D eigenvalue weighted by atomic mass is 19.4. The van der Waals surface area contributed by atoms with Crippen LogP contribution in [0.1, 0.15) is 33.1 Å². The molecule has 0 saturated carbocycles. The molecule has 0 radical (unpaired) electrons. The van der Waals surface area contributed by atoms with Crippen molar-refractivity contribution in [2.75, 3.05) is 6.61 Å². The molecule has 0 bridgehead atoms. The topological polar surface area (TPSA) is 47.9 Å². The van der Waals surface area contributed by atoms with Crippen LogP contribution in [0.25, 0.3) is 0 Å². The smallest absolute Gasteiger partial charge is 0.353 e. The summed E-state index contributed by atoms with van der Waals surface area (Å²) >= 11 is 0. The quantitative estimate of drug-likeness (QED) is 0.487. The summed E-state index contributed by atoms with van der Waals surface area (Å²) in [5.41, 5.74) is -7.84. The molecule has 0 aromatic heterocycles. The minimum Gasteiger partial charge on any atom is -0.353 e. The van der Waals surface area contributed by atoms with E-state index in [2.05, 4.69) is 9.62 Å². The van der Waals surface area contributed by atoms with E-state index >= 15 is 0 Å². The van der Waals surface area contributed by atoms with Crippen molar-refractivity contribution in [2.45, 2.75) is 63.0 Å². The summed E-state index contributed by atoms with van der Waals surface area (Å²) in [5.74, 6) is 0. The van der Waals surface area contributed by atoms with Gasteiger partial charge < -0.3 is 9.47 Å². The first kappa shape index (κ1) is 18.5. The zero-order valence-electron chi connectivity index (χ0n) is 11.3. The Hall–Kier alpha value is -0.580. The number of rotatable bonds is 4. The van der Waals surface area contributed by atoms with Crippen molar-refractivity contribution in [3.05, 3.63) is 0 Å². The molecule has 1 N–H and O–H groups in total. The van der Waals surface area contributed by atoms with Crippen LogP contribution >= 0.6 is 0 Å². The molecule has 1 fully saturated rings. The van der Waals surface area contributed by atoms with Crippen molar-refractivity contribution >= 4 is 0 Å². The predicted molar refractivity (Wildman–Crippen MR) is 57.3 cm³/mol. The van der Waals surface area contributed by atoms with Gasteiger partial charge in [-0.25, -0.2) is 4.89 Å². The van der Waals surface area contributed by atoms with Crippen LogP contribution < -0.4 is 0 Å². The Labute approximate surface area is 116 Å². The summed E-state index contributed by atoms with van der Waals surface area (Å²) in [6.07, 6.45) is -12.7. The molecule has 0 aromatic rings. The summed E-state index contributed by atoms with van der Waals surface area (Å²) in [6, 6.07) is 0. The average molecular weight is 326 g/mol. The van der Waals surface area contributed by atoms with Gasteiger partial charge in [-0.3, -0.25) is 5.26 Å².